The van der Waals surface area contributed by atoms with Crippen LogP contribution < -0.4 is 9.47 Å². The SMILES string of the molecule is COc1ccccc1OCCC(=O)N(C)Cc1cccc(Cl)c1. The van der Waals surface area contributed by atoms with Crippen LogP contribution in [0.1, 0.15) is 12.0 Å². The van der Waals surface area contributed by atoms with Crippen LogP contribution in [0.3, 0.4) is 0 Å². The molecule has 0 N–H and O–H groups in total. The minimum atomic E-state index is 0.0138. The maximum absolute atomic E-state index is 12.2. The highest BCUT2D eigenvalue weighted by Crippen LogP contribution is 2.25. The molecule has 2 rings (SSSR count). The molecule has 0 bridgehead atoms. The molecule has 23 heavy (non-hydrogen) atoms. The van der Waals surface area contributed by atoms with Gasteiger partial charge in [-0.25, -0.2) is 0 Å². The Morgan fingerprint density at radius 2 is 1.87 bits per heavy atom. The minimum Gasteiger partial charge on any atom is -0.493 e. The highest BCUT2D eigenvalue weighted by atomic mass is 35.5. The van der Waals surface area contributed by atoms with Gasteiger partial charge in [-0.2, -0.15) is 0 Å². The molecule has 4 nitrogen and oxygen atoms in total. The van der Waals surface area contributed by atoms with Gasteiger partial charge in [0.1, 0.15) is 0 Å². The molecule has 1 amide bonds. The zero-order valence-corrected chi connectivity index (χ0v) is 14.0. The smallest absolute Gasteiger partial charge is 0.226 e. The van der Waals surface area contributed by atoms with Crippen molar-refractivity contribution in [1.82, 2.24) is 4.90 Å². The fraction of sp³-hybridized carbons (Fsp3) is 0.278. The summed E-state index contributed by atoms with van der Waals surface area (Å²) in [5.74, 6) is 1.31. The number of hydrogen-bond donors (Lipinski definition) is 0. The topological polar surface area (TPSA) is 38.8 Å². The molecule has 0 aliphatic heterocycles. The van der Waals surface area contributed by atoms with E-state index in [9.17, 15) is 4.79 Å². The average molecular weight is 334 g/mol. The summed E-state index contributed by atoms with van der Waals surface area (Å²) in [6, 6.07) is 14.9. The van der Waals surface area contributed by atoms with Crippen molar-refractivity contribution in [2.24, 2.45) is 0 Å². The lowest BCUT2D eigenvalue weighted by atomic mass is 10.2. The van der Waals surface area contributed by atoms with Gasteiger partial charge >= 0.3 is 0 Å². The first-order chi connectivity index (χ1) is 11.1. The molecule has 0 spiro atoms. The summed E-state index contributed by atoms with van der Waals surface area (Å²) in [6.07, 6.45) is 0.301. The number of methoxy groups -OCH3 is 1. The van der Waals surface area contributed by atoms with Crippen LogP contribution in [0, 0.1) is 0 Å². The van der Waals surface area contributed by atoms with E-state index in [1.807, 2.05) is 48.5 Å². The molecule has 2 aromatic carbocycles. The van der Waals surface area contributed by atoms with Crippen LogP contribution in [0.2, 0.25) is 5.02 Å². The van der Waals surface area contributed by atoms with Gasteiger partial charge in [-0.15, -0.1) is 0 Å². The number of benzene rings is 2. The van der Waals surface area contributed by atoms with E-state index in [4.69, 9.17) is 21.1 Å². The second kappa shape index (κ2) is 8.44. The summed E-state index contributed by atoms with van der Waals surface area (Å²) in [5, 5.41) is 0.669. The summed E-state index contributed by atoms with van der Waals surface area (Å²) >= 11 is 5.95. The van der Waals surface area contributed by atoms with Gasteiger partial charge in [0.05, 0.1) is 20.1 Å². The largest absolute Gasteiger partial charge is 0.493 e. The molecule has 0 aromatic heterocycles. The maximum Gasteiger partial charge on any atom is 0.226 e. The summed E-state index contributed by atoms with van der Waals surface area (Å²) in [6.45, 7) is 0.827. The number of amides is 1. The van der Waals surface area contributed by atoms with E-state index in [0.29, 0.717) is 36.1 Å². The van der Waals surface area contributed by atoms with E-state index in [0.717, 1.165) is 5.56 Å². The third-order valence-corrected chi connectivity index (χ3v) is 3.61. The Morgan fingerprint density at radius 3 is 2.57 bits per heavy atom. The zero-order valence-electron chi connectivity index (χ0n) is 13.3. The Kier molecular flexibility index (Phi) is 6.29. The number of nitrogens with zero attached hydrogens (tertiary/aromatic N) is 1. The lowest BCUT2D eigenvalue weighted by Gasteiger charge is -2.18. The van der Waals surface area contributed by atoms with E-state index >= 15 is 0 Å². The van der Waals surface area contributed by atoms with E-state index in [-0.39, 0.29) is 5.91 Å². The lowest BCUT2D eigenvalue weighted by molar-refractivity contribution is -0.130. The number of hydrogen-bond acceptors (Lipinski definition) is 3. The number of carbonyl (C=O) groups is 1. The molecule has 5 heteroatoms. The van der Waals surface area contributed by atoms with Gasteiger partial charge in [-0.05, 0) is 29.8 Å². The highest BCUT2D eigenvalue weighted by Gasteiger charge is 2.10. The fourth-order valence-corrected chi connectivity index (χ4v) is 2.39. The fourth-order valence-electron chi connectivity index (χ4n) is 2.17. The number of ether oxygens (including phenoxy) is 2. The standard InChI is InChI=1S/C18H20ClNO3/c1-20(13-14-6-5-7-15(19)12-14)18(21)10-11-23-17-9-4-3-8-16(17)22-2/h3-9,12H,10-11,13H2,1-2H3. The van der Waals surface area contributed by atoms with Crippen LogP contribution in [-0.2, 0) is 11.3 Å². The first-order valence-electron chi connectivity index (χ1n) is 7.34. The van der Waals surface area contributed by atoms with Crippen molar-refractivity contribution in [1.29, 1.82) is 0 Å². The van der Waals surface area contributed by atoms with Crippen LogP contribution in [0.5, 0.6) is 11.5 Å². The summed E-state index contributed by atoms with van der Waals surface area (Å²) in [4.78, 5) is 13.8. The summed E-state index contributed by atoms with van der Waals surface area (Å²) in [7, 11) is 3.36. The molecule has 0 aliphatic rings. The third-order valence-electron chi connectivity index (χ3n) is 3.38. The molecule has 0 fully saturated rings. The number of halogens is 1. The normalized spacial score (nSPS) is 10.2. The monoisotopic (exact) mass is 333 g/mol. The lowest BCUT2D eigenvalue weighted by Crippen LogP contribution is -2.27. The van der Waals surface area contributed by atoms with Crippen LogP contribution in [0.15, 0.2) is 48.5 Å². The van der Waals surface area contributed by atoms with Crippen molar-refractivity contribution in [3.05, 3.63) is 59.1 Å². The van der Waals surface area contributed by atoms with E-state index in [1.165, 1.54) is 0 Å². The van der Waals surface area contributed by atoms with Gasteiger partial charge in [-0.1, -0.05) is 35.9 Å². The van der Waals surface area contributed by atoms with E-state index < -0.39 is 0 Å². The predicted molar refractivity (Wildman–Crippen MR) is 91.0 cm³/mol. The minimum absolute atomic E-state index is 0.0138. The zero-order chi connectivity index (χ0) is 16.7. The van der Waals surface area contributed by atoms with Gasteiger partial charge in [0.25, 0.3) is 0 Å². The number of para-hydroxylation sites is 2. The van der Waals surface area contributed by atoms with Gasteiger partial charge in [-0.3, -0.25) is 4.79 Å². The van der Waals surface area contributed by atoms with Crippen LogP contribution in [0.25, 0.3) is 0 Å². The van der Waals surface area contributed by atoms with Gasteiger partial charge in [0.2, 0.25) is 5.91 Å². The second-order valence-electron chi connectivity index (χ2n) is 5.13. The Hall–Kier alpha value is -2.20. The van der Waals surface area contributed by atoms with Crippen molar-refractivity contribution in [3.8, 4) is 11.5 Å². The van der Waals surface area contributed by atoms with E-state index in [1.54, 1.807) is 19.1 Å². The molecule has 0 saturated carbocycles. The number of rotatable bonds is 7. The Morgan fingerprint density at radius 1 is 1.13 bits per heavy atom. The molecule has 0 aliphatic carbocycles. The molecule has 0 saturated heterocycles. The Balaban J connectivity index is 1.82. The molecule has 0 heterocycles. The van der Waals surface area contributed by atoms with Gasteiger partial charge < -0.3 is 14.4 Å². The van der Waals surface area contributed by atoms with Crippen molar-refractivity contribution >= 4 is 17.5 Å². The van der Waals surface area contributed by atoms with Gasteiger partial charge in [0.15, 0.2) is 11.5 Å². The molecule has 2 aromatic rings. The number of carbonyl (C=O) groups excluding carboxylic acids is 1. The van der Waals surface area contributed by atoms with Crippen molar-refractivity contribution < 1.29 is 14.3 Å². The highest BCUT2D eigenvalue weighted by molar-refractivity contribution is 6.30. The summed E-state index contributed by atoms with van der Waals surface area (Å²) in [5.41, 5.74) is 0.999. The molecule has 122 valence electrons. The Labute approximate surface area is 141 Å². The molecular formula is C18H20ClNO3. The predicted octanol–water partition coefficient (Wildman–Crippen LogP) is 3.78. The van der Waals surface area contributed by atoms with E-state index in [2.05, 4.69) is 0 Å². The average Bonchev–Trinajstić information content (AvgIpc) is 2.55. The maximum atomic E-state index is 12.2. The molecule has 0 unspecified atom stereocenters. The van der Waals surface area contributed by atoms with Crippen molar-refractivity contribution in [3.63, 3.8) is 0 Å². The first-order valence-corrected chi connectivity index (χ1v) is 7.72. The van der Waals surface area contributed by atoms with Gasteiger partial charge in [0, 0.05) is 18.6 Å². The van der Waals surface area contributed by atoms with Crippen LogP contribution in [0.4, 0.5) is 0 Å². The van der Waals surface area contributed by atoms with Crippen molar-refractivity contribution in [2.45, 2.75) is 13.0 Å². The Bertz CT molecular complexity index is 660. The molecule has 0 atom stereocenters. The second-order valence-corrected chi connectivity index (χ2v) is 5.57. The first kappa shape index (κ1) is 17.2. The summed E-state index contributed by atoms with van der Waals surface area (Å²) < 4.78 is 10.8. The third kappa shape index (κ3) is 5.18. The van der Waals surface area contributed by atoms with Crippen LogP contribution >= 0.6 is 11.6 Å². The van der Waals surface area contributed by atoms with Crippen LogP contribution in [-0.4, -0.2) is 31.6 Å². The molecular weight excluding hydrogens is 314 g/mol. The molecule has 0 radical (unpaired) electrons. The van der Waals surface area contributed by atoms with Crippen molar-refractivity contribution in [2.75, 3.05) is 20.8 Å². The quantitative estimate of drug-likeness (QED) is 0.774.